The number of hydrogen-bond acceptors (Lipinski definition) is 5. The van der Waals surface area contributed by atoms with E-state index in [1.807, 2.05) is 6.08 Å². The highest BCUT2D eigenvalue weighted by atomic mass is 16.5. The van der Waals surface area contributed by atoms with E-state index in [-0.39, 0.29) is 18.5 Å². The van der Waals surface area contributed by atoms with Gasteiger partial charge in [0.15, 0.2) is 0 Å². The van der Waals surface area contributed by atoms with Gasteiger partial charge in [0.25, 0.3) is 0 Å². The van der Waals surface area contributed by atoms with Crippen molar-refractivity contribution >= 4 is 11.9 Å². The fourth-order valence-corrected chi connectivity index (χ4v) is 10.6. The molecule has 0 fully saturated rings. The average Bonchev–Trinajstić information content (AvgIpc) is 3.40. The lowest BCUT2D eigenvalue weighted by Crippen LogP contribution is -2.45. The molecule has 0 saturated heterocycles. The van der Waals surface area contributed by atoms with Crippen LogP contribution < -0.4 is 5.32 Å². The Morgan fingerprint density at radius 2 is 0.635 bits per heavy atom. The van der Waals surface area contributed by atoms with Crippen LogP contribution in [-0.2, 0) is 14.3 Å². The highest BCUT2D eigenvalue weighted by molar-refractivity contribution is 5.76. The molecule has 0 aromatic rings. The molecule has 0 rings (SSSR count). The molecule has 0 aliphatic heterocycles. The molecule has 0 saturated carbocycles. The number of rotatable bonds is 63. The summed E-state index contributed by atoms with van der Waals surface area (Å²) in [6.45, 7) is 4.92. The number of esters is 1. The van der Waals surface area contributed by atoms with Crippen LogP contribution in [0.15, 0.2) is 24.3 Å². The van der Waals surface area contributed by atoms with Crippen LogP contribution in [0.4, 0.5) is 0 Å². The van der Waals surface area contributed by atoms with Crippen molar-refractivity contribution in [1.82, 2.24) is 5.32 Å². The van der Waals surface area contributed by atoms with Crippen molar-refractivity contribution < 1.29 is 24.5 Å². The van der Waals surface area contributed by atoms with E-state index in [0.29, 0.717) is 19.4 Å². The number of carbonyl (C=O) groups excluding carboxylic acids is 2. The van der Waals surface area contributed by atoms with E-state index in [1.165, 1.54) is 308 Å². The summed E-state index contributed by atoms with van der Waals surface area (Å²) in [7, 11) is 0. The Bertz CT molecular complexity index is 1150. The first kappa shape index (κ1) is 72.3. The number of hydrogen-bond donors (Lipinski definition) is 3. The van der Waals surface area contributed by atoms with Crippen LogP contribution in [0.2, 0.25) is 0 Å². The van der Waals surface area contributed by atoms with Crippen molar-refractivity contribution in [3.05, 3.63) is 24.3 Å². The first-order valence-corrected chi connectivity index (χ1v) is 33.6. The van der Waals surface area contributed by atoms with Crippen LogP contribution in [0.1, 0.15) is 373 Å². The molecule has 3 N–H and O–H groups in total. The zero-order valence-electron chi connectivity index (χ0n) is 50.1. The highest BCUT2D eigenvalue weighted by Crippen LogP contribution is 2.18. The molecular formula is C68H131NO5. The molecule has 0 heterocycles. The van der Waals surface area contributed by atoms with Crippen LogP contribution in [0.5, 0.6) is 0 Å². The van der Waals surface area contributed by atoms with E-state index in [2.05, 4.69) is 31.3 Å². The highest BCUT2D eigenvalue weighted by Gasteiger charge is 2.18. The van der Waals surface area contributed by atoms with Gasteiger partial charge in [-0.25, -0.2) is 0 Å². The van der Waals surface area contributed by atoms with Crippen LogP contribution >= 0.6 is 0 Å². The molecule has 74 heavy (non-hydrogen) atoms. The maximum atomic E-state index is 12.4. The van der Waals surface area contributed by atoms with Gasteiger partial charge in [-0.1, -0.05) is 327 Å². The minimum absolute atomic E-state index is 0.0192. The van der Waals surface area contributed by atoms with Gasteiger partial charge in [0, 0.05) is 12.8 Å². The van der Waals surface area contributed by atoms with Gasteiger partial charge >= 0.3 is 5.97 Å². The number of aliphatic hydroxyl groups is 2. The van der Waals surface area contributed by atoms with Crippen LogP contribution in [0, 0.1) is 0 Å². The van der Waals surface area contributed by atoms with Crippen molar-refractivity contribution in [2.75, 3.05) is 13.2 Å². The maximum Gasteiger partial charge on any atom is 0.305 e. The number of aliphatic hydroxyl groups excluding tert-OH is 2. The fraction of sp³-hybridized carbons (Fsp3) is 0.912. The Labute approximate surface area is 462 Å². The van der Waals surface area contributed by atoms with Gasteiger partial charge in [-0.15, -0.1) is 0 Å². The second-order valence-electron chi connectivity index (χ2n) is 23.2. The van der Waals surface area contributed by atoms with E-state index in [4.69, 9.17) is 4.74 Å². The zero-order valence-corrected chi connectivity index (χ0v) is 50.1. The standard InChI is InChI=1S/C68H131NO5/c1-3-5-7-9-11-13-15-17-18-19-28-32-35-38-42-46-50-54-58-62-68(73)74-63-59-55-51-47-43-39-36-33-30-27-25-23-21-20-22-24-26-29-31-34-37-41-45-49-53-57-61-67(72)69-65(64-70)66(71)60-56-52-48-44-40-16-14-12-10-8-6-4-2/h20,22,56,60,65-66,70-71H,3-19,21,23-55,57-59,61-64H2,1-2H3,(H,69,72)/b22-20-,60-56+. The van der Waals surface area contributed by atoms with Gasteiger partial charge in [0.2, 0.25) is 5.91 Å². The van der Waals surface area contributed by atoms with Crippen molar-refractivity contribution in [3.63, 3.8) is 0 Å². The molecular weight excluding hydrogens is 911 g/mol. The Balaban J connectivity index is 3.36. The molecule has 2 atom stereocenters. The average molecular weight is 1040 g/mol. The lowest BCUT2D eigenvalue weighted by atomic mass is 10.0. The van der Waals surface area contributed by atoms with Gasteiger partial charge in [0.1, 0.15) is 0 Å². The SMILES string of the molecule is CCCCCCCCCCCC/C=C/C(O)C(CO)NC(=O)CCCCCCCCCCCC/C=C\CCCCCCCCCCCCCCOC(=O)CCCCCCCCCCCCCCCCCCCCC. The zero-order chi connectivity index (χ0) is 53.6. The van der Waals surface area contributed by atoms with E-state index in [0.717, 1.165) is 38.5 Å². The van der Waals surface area contributed by atoms with Crippen molar-refractivity contribution in [1.29, 1.82) is 0 Å². The minimum atomic E-state index is -0.844. The third kappa shape index (κ3) is 59.6. The quantitative estimate of drug-likeness (QED) is 0.0320. The molecule has 438 valence electrons. The Kier molecular flexibility index (Phi) is 62.4. The maximum absolute atomic E-state index is 12.4. The molecule has 2 unspecified atom stereocenters. The van der Waals surface area contributed by atoms with E-state index < -0.39 is 12.1 Å². The number of carbonyl (C=O) groups is 2. The molecule has 0 aromatic carbocycles. The van der Waals surface area contributed by atoms with Gasteiger partial charge in [-0.05, 0) is 57.8 Å². The summed E-state index contributed by atoms with van der Waals surface area (Å²) in [6.07, 6.45) is 79.6. The fourth-order valence-electron chi connectivity index (χ4n) is 10.6. The molecule has 0 aliphatic carbocycles. The lowest BCUT2D eigenvalue weighted by Gasteiger charge is -2.20. The van der Waals surface area contributed by atoms with E-state index >= 15 is 0 Å². The Morgan fingerprint density at radius 1 is 0.365 bits per heavy atom. The van der Waals surface area contributed by atoms with Crippen molar-refractivity contribution in [3.8, 4) is 0 Å². The molecule has 0 spiro atoms. The van der Waals surface area contributed by atoms with Gasteiger partial charge in [-0.3, -0.25) is 9.59 Å². The number of amides is 1. The molecule has 0 bridgehead atoms. The second kappa shape index (κ2) is 63.9. The summed E-state index contributed by atoms with van der Waals surface area (Å²) >= 11 is 0. The monoisotopic (exact) mass is 1040 g/mol. The minimum Gasteiger partial charge on any atom is -0.466 e. The topological polar surface area (TPSA) is 95.9 Å². The summed E-state index contributed by atoms with van der Waals surface area (Å²) in [5.41, 5.74) is 0. The van der Waals surface area contributed by atoms with Gasteiger partial charge in [-0.2, -0.15) is 0 Å². The lowest BCUT2D eigenvalue weighted by molar-refractivity contribution is -0.143. The molecule has 0 radical (unpaired) electrons. The second-order valence-corrected chi connectivity index (χ2v) is 23.2. The van der Waals surface area contributed by atoms with Crippen molar-refractivity contribution in [2.24, 2.45) is 0 Å². The number of nitrogens with one attached hydrogen (secondary N) is 1. The summed E-state index contributed by atoms with van der Waals surface area (Å²) in [6, 6.07) is -0.628. The Hall–Kier alpha value is -1.66. The van der Waals surface area contributed by atoms with E-state index in [1.54, 1.807) is 6.08 Å². The molecule has 1 amide bonds. The number of unbranched alkanes of at least 4 members (excludes halogenated alkanes) is 50. The van der Waals surface area contributed by atoms with Crippen molar-refractivity contribution in [2.45, 2.75) is 386 Å². The normalized spacial score (nSPS) is 12.6. The summed E-state index contributed by atoms with van der Waals surface area (Å²) in [5, 5.41) is 23.1. The summed E-state index contributed by atoms with van der Waals surface area (Å²) < 4.78 is 5.51. The number of allylic oxidation sites excluding steroid dienone is 3. The van der Waals surface area contributed by atoms with Crippen LogP contribution in [0.3, 0.4) is 0 Å². The van der Waals surface area contributed by atoms with Crippen LogP contribution in [-0.4, -0.2) is 47.4 Å². The smallest absolute Gasteiger partial charge is 0.305 e. The third-order valence-corrected chi connectivity index (χ3v) is 15.7. The molecule has 6 heteroatoms. The van der Waals surface area contributed by atoms with Gasteiger partial charge in [0.05, 0.1) is 25.4 Å². The summed E-state index contributed by atoms with van der Waals surface area (Å²) in [5.74, 6) is -0.0500. The predicted octanol–water partition coefficient (Wildman–Crippen LogP) is 21.4. The molecule has 0 aliphatic rings. The van der Waals surface area contributed by atoms with Gasteiger partial charge < -0.3 is 20.3 Å². The third-order valence-electron chi connectivity index (χ3n) is 15.7. The molecule has 6 nitrogen and oxygen atoms in total. The predicted molar refractivity (Wildman–Crippen MR) is 324 cm³/mol. The van der Waals surface area contributed by atoms with Crippen LogP contribution in [0.25, 0.3) is 0 Å². The first-order chi connectivity index (χ1) is 36.5. The molecule has 0 aromatic heterocycles. The Morgan fingerprint density at radius 3 is 0.959 bits per heavy atom. The number of ether oxygens (including phenoxy) is 1. The first-order valence-electron chi connectivity index (χ1n) is 33.6. The van der Waals surface area contributed by atoms with E-state index in [9.17, 15) is 19.8 Å². The largest absolute Gasteiger partial charge is 0.466 e. The summed E-state index contributed by atoms with van der Waals surface area (Å²) in [4.78, 5) is 24.6.